The number of nitrogens with two attached hydrogens (primary N) is 1. The minimum Gasteiger partial charge on any atom is -0.370 e. The van der Waals surface area contributed by atoms with E-state index in [9.17, 15) is 0 Å². The van der Waals surface area contributed by atoms with Gasteiger partial charge in [0.2, 0.25) is 0 Å². The Kier molecular flexibility index (Phi) is 11.4. The lowest BCUT2D eigenvalue weighted by Crippen LogP contribution is -2.43. The summed E-state index contributed by atoms with van der Waals surface area (Å²) in [6.07, 6.45) is 2.51. The molecule has 108 valence electrons. The van der Waals surface area contributed by atoms with Crippen molar-refractivity contribution >= 4 is 41.7 Å². The molecule has 0 aromatic heterocycles. The van der Waals surface area contributed by atoms with Crippen molar-refractivity contribution in [2.75, 3.05) is 51.3 Å². The monoisotopic (exact) mass is 386 g/mol. The van der Waals surface area contributed by atoms with Gasteiger partial charge in [-0.2, -0.15) is 11.8 Å². The van der Waals surface area contributed by atoms with Crippen molar-refractivity contribution in [1.29, 1.82) is 0 Å². The number of hydrogen-bond acceptors (Lipinski definition) is 3. The molecule has 0 spiro atoms. The van der Waals surface area contributed by atoms with Crippen molar-refractivity contribution in [3.63, 3.8) is 0 Å². The van der Waals surface area contributed by atoms with Gasteiger partial charge < -0.3 is 15.5 Å². The highest BCUT2D eigenvalue weighted by Crippen LogP contribution is 2.08. The van der Waals surface area contributed by atoms with Gasteiger partial charge in [0.15, 0.2) is 5.96 Å². The molecule has 0 aromatic carbocycles. The predicted octanol–water partition coefficient (Wildman–Crippen LogP) is 1.70. The molecular formula is C12H27IN4S. The molecule has 0 aromatic rings. The second kappa shape index (κ2) is 11.2. The summed E-state index contributed by atoms with van der Waals surface area (Å²) in [5, 5.41) is 0. The van der Waals surface area contributed by atoms with Crippen LogP contribution in [0.4, 0.5) is 0 Å². The van der Waals surface area contributed by atoms with Crippen LogP contribution in [0.1, 0.15) is 19.8 Å². The normalized spacial score (nSPS) is 16.8. The van der Waals surface area contributed by atoms with Crippen LogP contribution in [0.2, 0.25) is 0 Å². The zero-order valence-electron chi connectivity index (χ0n) is 11.6. The SMILES string of the molecule is CCCCN(C)CCN=C(N)N1CCSCC1.I. The standard InChI is InChI=1S/C12H26N4S.HI/c1-3-4-6-15(2)7-5-14-12(13)16-8-10-17-11-9-16;/h3-11H2,1-2H3,(H2,13,14);1H. The van der Waals surface area contributed by atoms with Crippen LogP contribution >= 0.6 is 35.7 Å². The molecule has 6 heteroatoms. The highest BCUT2D eigenvalue weighted by atomic mass is 127. The van der Waals surface area contributed by atoms with E-state index in [1.807, 2.05) is 11.8 Å². The van der Waals surface area contributed by atoms with E-state index in [0.29, 0.717) is 0 Å². The van der Waals surface area contributed by atoms with Gasteiger partial charge in [-0.15, -0.1) is 24.0 Å². The summed E-state index contributed by atoms with van der Waals surface area (Å²) < 4.78 is 0. The minimum absolute atomic E-state index is 0. The number of nitrogens with zero attached hydrogens (tertiary/aromatic N) is 3. The first-order chi connectivity index (χ1) is 8.24. The summed E-state index contributed by atoms with van der Waals surface area (Å²) in [7, 11) is 2.15. The van der Waals surface area contributed by atoms with Gasteiger partial charge >= 0.3 is 0 Å². The van der Waals surface area contributed by atoms with Crippen LogP contribution < -0.4 is 5.73 Å². The maximum Gasteiger partial charge on any atom is 0.191 e. The Labute approximate surface area is 133 Å². The van der Waals surface area contributed by atoms with Crippen LogP contribution in [-0.4, -0.2) is 67.0 Å². The van der Waals surface area contributed by atoms with Gasteiger partial charge in [-0.1, -0.05) is 13.3 Å². The van der Waals surface area contributed by atoms with Crippen molar-refractivity contribution in [3.05, 3.63) is 0 Å². The van der Waals surface area contributed by atoms with Crippen LogP contribution in [0, 0.1) is 0 Å². The molecule has 0 radical (unpaired) electrons. The van der Waals surface area contributed by atoms with Crippen molar-refractivity contribution in [1.82, 2.24) is 9.80 Å². The topological polar surface area (TPSA) is 44.9 Å². The number of aliphatic imine (C=N–C) groups is 1. The van der Waals surface area contributed by atoms with E-state index in [1.54, 1.807) is 0 Å². The molecule has 1 heterocycles. The molecule has 18 heavy (non-hydrogen) atoms. The van der Waals surface area contributed by atoms with Crippen molar-refractivity contribution < 1.29 is 0 Å². The first-order valence-electron chi connectivity index (χ1n) is 6.55. The average molecular weight is 386 g/mol. The fourth-order valence-corrected chi connectivity index (χ4v) is 2.67. The Bertz CT molecular complexity index is 232. The van der Waals surface area contributed by atoms with Crippen LogP contribution in [-0.2, 0) is 0 Å². The molecule has 4 nitrogen and oxygen atoms in total. The molecule has 0 atom stereocenters. The summed E-state index contributed by atoms with van der Waals surface area (Å²) in [6.45, 7) is 7.29. The summed E-state index contributed by atoms with van der Waals surface area (Å²) in [4.78, 5) is 8.99. The van der Waals surface area contributed by atoms with Crippen LogP contribution in [0.5, 0.6) is 0 Å². The number of guanidine groups is 1. The lowest BCUT2D eigenvalue weighted by Gasteiger charge is -2.27. The van der Waals surface area contributed by atoms with E-state index in [1.165, 1.54) is 24.3 Å². The fraction of sp³-hybridized carbons (Fsp3) is 0.917. The zero-order chi connectivity index (χ0) is 12.5. The minimum atomic E-state index is 0. The first-order valence-corrected chi connectivity index (χ1v) is 7.70. The molecule has 1 rings (SSSR count). The maximum atomic E-state index is 5.98. The molecule has 0 unspecified atom stereocenters. The van der Waals surface area contributed by atoms with E-state index in [4.69, 9.17) is 5.73 Å². The van der Waals surface area contributed by atoms with Crippen molar-refractivity contribution in [2.45, 2.75) is 19.8 Å². The average Bonchev–Trinajstić information content (AvgIpc) is 2.37. The third kappa shape index (κ3) is 7.68. The number of halogens is 1. The first kappa shape index (κ1) is 18.3. The number of unbranched alkanes of at least 4 members (excludes halogenated alkanes) is 1. The molecule has 1 saturated heterocycles. The van der Waals surface area contributed by atoms with Gasteiger partial charge in [-0.25, -0.2) is 0 Å². The smallest absolute Gasteiger partial charge is 0.191 e. The molecule has 1 aliphatic rings. The second-order valence-electron chi connectivity index (χ2n) is 4.50. The van der Waals surface area contributed by atoms with Gasteiger partial charge in [0.1, 0.15) is 0 Å². The van der Waals surface area contributed by atoms with Crippen LogP contribution in [0.3, 0.4) is 0 Å². The molecule has 1 fully saturated rings. The highest BCUT2D eigenvalue weighted by molar-refractivity contribution is 14.0. The molecule has 0 saturated carbocycles. The summed E-state index contributed by atoms with van der Waals surface area (Å²) in [6, 6.07) is 0. The predicted molar refractivity (Wildman–Crippen MR) is 93.2 cm³/mol. The lowest BCUT2D eigenvalue weighted by molar-refractivity contribution is 0.336. The summed E-state index contributed by atoms with van der Waals surface area (Å²) in [5.74, 6) is 3.08. The lowest BCUT2D eigenvalue weighted by atomic mass is 10.3. The van der Waals surface area contributed by atoms with Gasteiger partial charge in [0, 0.05) is 31.1 Å². The van der Waals surface area contributed by atoms with E-state index in [2.05, 4.69) is 28.8 Å². The number of thioether (sulfide) groups is 1. The fourth-order valence-electron chi connectivity index (χ4n) is 1.77. The van der Waals surface area contributed by atoms with E-state index >= 15 is 0 Å². The Morgan fingerprint density at radius 1 is 1.33 bits per heavy atom. The Balaban J connectivity index is 0.00000289. The molecular weight excluding hydrogens is 359 g/mol. The zero-order valence-corrected chi connectivity index (χ0v) is 14.7. The Morgan fingerprint density at radius 2 is 2.00 bits per heavy atom. The number of rotatable bonds is 6. The Morgan fingerprint density at radius 3 is 2.61 bits per heavy atom. The number of likely N-dealkylation sites (N-methyl/N-ethyl adjacent to an activating group) is 1. The van der Waals surface area contributed by atoms with Crippen LogP contribution in [0.15, 0.2) is 4.99 Å². The molecule has 0 aliphatic carbocycles. The van der Waals surface area contributed by atoms with Crippen LogP contribution in [0.25, 0.3) is 0 Å². The maximum absolute atomic E-state index is 5.98. The quantitative estimate of drug-likeness (QED) is 0.429. The van der Waals surface area contributed by atoms with Crippen molar-refractivity contribution in [3.8, 4) is 0 Å². The van der Waals surface area contributed by atoms with Crippen molar-refractivity contribution in [2.24, 2.45) is 10.7 Å². The third-order valence-electron chi connectivity index (χ3n) is 2.98. The largest absolute Gasteiger partial charge is 0.370 e. The second-order valence-corrected chi connectivity index (χ2v) is 5.72. The molecule has 1 aliphatic heterocycles. The third-order valence-corrected chi connectivity index (χ3v) is 3.93. The van der Waals surface area contributed by atoms with E-state index in [0.717, 1.165) is 38.7 Å². The van der Waals surface area contributed by atoms with E-state index in [-0.39, 0.29) is 24.0 Å². The summed E-state index contributed by atoms with van der Waals surface area (Å²) >= 11 is 1.99. The molecule has 0 bridgehead atoms. The number of hydrogen-bond donors (Lipinski definition) is 1. The van der Waals surface area contributed by atoms with Gasteiger partial charge in [-0.3, -0.25) is 4.99 Å². The molecule has 2 N–H and O–H groups in total. The van der Waals surface area contributed by atoms with Gasteiger partial charge in [0.25, 0.3) is 0 Å². The van der Waals surface area contributed by atoms with Gasteiger partial charge in [0.05, 0.1) is 6.54 Å². The highest BCUT2D eigenvalue weighted by Gasteiger charge is 2.11. The van der Waals surface area contributed by atoms with Gasteiger partial charge in [-0.05, 0) is 20.0 Å². The Hall–Kier alpha value is 0.310. The molecule has 0 amide bonds. The van der Waals surface area contributed by atoms with E-state index < -0.39 is 0 Å². The summed E-state index contributed by atoms with van der Waals surface area (Å²) in [5.41, 5.74) is 5.98.